The number of hydrogen-bond acceptors (Lipinski definition) is 3. The Kier molecular flexibility index (Phi) is 3.73. The van der Waals surface area contributed by atoms with E-state index in [-0.39, 0.29) is 5.97 Å². The maximum Gasteiger partial charge on any atom is 0.316 e. The number of nitrogens with one attached hydrogen (secondary N) is 1. The lowest BCUT2D eigenvalue weighted by Gasteiger charge is -2.04. The zero-order chi connectivity index (χ0) is 11.3. The van der Waals surface area contributed by atoms with E-state index in [1.165, 1.54) is 0 Å². The Bertz CT molecular complexity index is 364. The van der Waals surface area contributed by atoms with Gasteiger partial charge in [0.05, 0.1) is 0 Å². The first-order valence-corrected chi connectivity index (χ1v) is 4.49. The average molecular weight is 206 g/mol. The SMILES string of the molecule is BCC(=O)Oc1ccc(NC(N)=O)cc1. The van der Waals surface area contributed by atoms with Gasteiger partial charge < -0.3 is 15.8 Å². The third-order valence-electron chi connectivity index (χ3n) is 1.64. The number of primary amides is 1. The molecule has 0 saturated carbocycles. The van der Waals surface area contributed by atoms with Crippen molar-refractivity contribution in [2.75, 3.05) is 5.32 Å². The molecule has 0 unspecified atom stereocenters. The van der Waals surface area contributed by atoms with Gasteiger partial charge in [-0.2, -0.15) is 0 Å². The van der Waals surface area contributed by atoms with E-state index in [4.69, 9.17) is 10.5 Å². The summed E-state index contributed by atoms with van der Waals surface area (Å²) in [6, 6.07) is 5.73. The van der Waals surface area contributed by atoms with Crippen molar-refractivity contribution in [3.05, 3.63) is 24.3 Å². The highest BCUT2D eigenvalue weighted by molar-refractivity contribution is 6.18. The smallest absolute Gasteiger partial charge is 0.316 e. The summed E-state index contributed by atoms with van der Waals surface area (Å²) in [5.41, 5.74) is 5.48. The molecule has 0 atom stereocenters. The van der Waals surface area contributed by atoms with E-state index < -0.39 is 6.03 Å². The highest BCUT2D eigenvalue weighted by Gasteiger charge is 2.01. The summed E-state index contributed by atoms with van der Waals surface area (Å²) in [4.78, 5) is 21.4. The molecular weight excluding hydrogens is 195 g/mol. The van der Waals surface area contributed by atoms with Crippen LogP contribution in [0.5, 0.6) is 5.75 Å². The monoisotopic (exact) mass is 206 g/mol. The minimum absolute atomic E-state index is 0.300. The van der Waals surface area contributed by atoms with E-state index in [1.54, 1.807) is 32.1 Å². The first-order chi connectivity index (χ1) is 7.11. The van der Waals surface area contributed by atoms with E-state index in [0.717, 1.165) is 0 Å². The molecule has 0 radical (unpaired) electrons. The van der Waals surface area contributed by atoms with Gasteiger partial charge in [0.1, 0.15) is 13.6 Å². The number of urea groups is 1. The maximum atomic E-state index is 10.9. The fourth-order valence-electron chi connectivity index (χ4n) is 0.952. The molecule has 78 valence electrons. The number of ether oxygens (including phenoxy) is 1. The number of carbonyl (C=O) groups is 2. The van der Waals surface area contributed by atoms with Gasteiger partial charge in [-0.05, 0) is 24.3 Å². The third-order valence-corrected chi connectivity index (χ3v) is 1.64. The summed E-state index contributed by atoms with van der Waals surface area (Å²) < 4.78 is 4.94. The quantitative estimate of drug-likeness (QED) is 0.419. The van der Waals surface area contributed by atoms with E-state index in [2.05, 4.69) is 5.32 Å². The number of rotatable bonds is 3. The maximum absolute atomic E-state index is 10.9. The van der Waals surface area contributed by atoms with Crippen molar-refractivity contribution in [3.63, 3.8) is 0 Å². The number of esters is 1. The van der Waals surface area contributed by atoms with Gasteiger partial charge in [-0.25, -0.2) is 4.79 Å². The van der Waals surface area contributed by atoms with Gasteiger partial charge in [-0.3, -0.25) is 4.79 Å². The highest BCUT2D eigenvalue weighted by Crippen LogP contribution is 2.15. The molecule has 1 aromatic carbocycles. The fourth-order valence-corrected chi connectivity index (χ4v) is 0.952. The zero-order valence-electron chi connectivity index (χ0n) is 8.32. The van der Waals surface area contributed by atoms with E-state index in [9.17, 15) is 9.59 Å². The second-order valence-corrected chi connectivity index (χ2v) is 2.84. The van der Waals surface area contributed by atoms with Crippen LogP contribution in [0.4, 0.5) is 10.5 Å². The minimum Gasteiger partial charge on any atom is -0.427 e. The number of benzene rings is 1. The van der Waals surface area contributed by atoms with Crippen LogP contribution < -0.4 is 15.8 Å². The van der Waals surface area contributed by atoms with Crippen LogP contribution in [-0.2, 0) is 4.79 Å². The van der Waals surface area contributed by atoms with Crippen LogP contribution in [0.3, 0.4) is 0 Å². The molecule has 0 fully saturated rings. The van der Waals surface area contributed by atoms with Gasteiger partial charge in [0, 0.05) is 12.0 Å². The van der Waals surface area contributed by atoms with Gasteiger partial charge in [-0.1, -0.05) is 0 Å². The molecule has 2 amide bonds. The molecule has 0 aliphatic carbocycles. The van der Waals surface area contributed by atoms with Crippen molar-refractivity contribution in [2.24, 2.45) is 5.73 Å². The third kappa shape index (κ3) is 3.72. The van der Waals surface area contributed by atoms with Crippen molar-refractivity contribution in [1.29, 1.82) is 0 Å². The van der Waals surface area contributed by atoms with Crippen molar-refractivity contribution < 1.29 is 14.3 Å². The van der Waals surface area contributed by atoms with Crippen LogP contribution in [0.1, 0.15) is 0 Å². The highest BCUT2D eigenvalue weighted by atomic mass is 16.5. The molecule has 3 N–H and O–H groups in total. The van der Waals surface area contributed by atoms with Crippen LogP contribution >= 0.6 is 0 Å². The zero-order valence-corrected chi connectivity index (χ0v) is 8.32. The van der Waals surface area contributed by atoms with Crippen LogP contribution in [0.15, 0.2) is 24.3 Å². The van der Waals surface area contributed by atoms with Crippen molar-refractivity contribution >= 4 is 25.5 Å². The van der Waals surface area contributed by atoms with Gasteiger partial charge in [0.15, 0.2) is 0 Å². The largest absolute Gasteiger partial charge is 0.427 e. The molecule has 0 saturated heterocycles. The van der Waals surface area contributed by atoms with E-state index in [0.29, 0.717) is 17.8 Å². The number of hydrogen-bond donors (Lipinski definition) is 2. The van der Waals surface area contributed by atoms with E-state index in [1.807, 2.05) is 0 Å². The van der Waals surface area contributed by atoms with Gasteiger partial charge in [-0.15, -0.1) is 0 Å². The Balaban J connectivity index is 2.64. The number of anilines is 1. The summed E-state index contributed by atoms with van der Waals surface area (Å²) in [7, 11) is 1.71. The molecule has 1 rings (SSSR count). The standard InChI is InChI=1S/C9H11BN2O3/c10-5-8(13)15-7-3-1-6(2-4-7)12-9(11)14/h1-4H,5,10H2,(H3,11,12,14). The first-order valence-electron chi connectivity index (χ1n) is 4.49. The Hall–Kier alpha value is -1.98. The Morgan fingerprint density at radius 2 is 1.93 bits per heavy atom. The lowest BCUT2D eigenvalue weighted by molar-refractivity contribution is -0.131. The first kappa shape index (κ1) is 11.1. The second-order valence-electron chi connectivity index (χ2n) is 2.84. The lowest BCUT2D eigenvalue weighted by Crippen LogP contribution is -2.19. The molecule has 15 heavy (non-hydrogen) atoms. The molecule has 6 heteroatoms. The molecule has 0 aliphatic rings. The number of amides is 2. The second kappa shape index (κ2) is 5.04. The minimum atomic E-state index is -0.631. The Labute approximate surface area is 88.0 Å². The molecule has 5 nitrogen and oxygen atoms in total. The van der Waals surface area contributed by atoms with Crippen molar-refractivity contribution in [3.8, 4) is 5.75 Å². The molecule has 1 aromatic rings. The number of nitrogens with two attached hydrogens (primary N) is 1. The topological polar surface area (TPSA) is 81.4 Å². The summed E-state index contributed by atoms with van der Waals surface area (Å²) in [6.45, 7) is 0. The van der Waals surface area contributed by atoms with E-state index >= 15 is 0 Å². The van der Waals surface area contributed by atoms with Crippen LogP contribution in [0, 0.1) is 0 Å². The summed E-state index contributed by atoms with van der Waals surface area (Å²) >= 11 is 0. The van der Waals surface area contributed by atoms with Crippen molar-refractivity contribution in [2.45, 2.75) is 6.32 Å². The van der Waals surface area contributed by atoms with Crippen LogP contribution in [-0.4, -0.2) is 19.8 Å². The predicted octanol–water partition coefficient (Wildman–Crippen LogP) is 0.134. The summed E-state index contributed by atoms with van der Waals surface area (Å²) in [5.74, 6) is 0.141. The Morgan fingerprint density at radius 3 is 2.40 bits per heavy atom. The Morgan fingerprint density at radius 1 is 1.33 bits per heavy atom. The summed E-state index contributed by atoms with van der Waals surface area (Å²) in [6.07, 6.45) is 0.321. The van der Waals surface area contributed by atoms with Gasteiger partial charge in [0.25, 0.3) is 0 Å². The normalized spacial score (nSPS) is 9.33. The average Bonchev–Trinajstić information content (AvgIpc) is 2.20. The van der Waals surface area contributed by atoms with Crippen molar-refractivity contribution in [1.82, 2.24) is 0 Å². The van der Waals surface area contributed by atoms with Gasteiger partial charge >= 0.3 is 12.0 Å². The number of carbonyl (C=O) groups excluding carboxylic acids is 2. The fraction of sp³-hybridized carbons (Fsp3) is 0.111. The van der Waals surface area contributed by atoms with Gasteiger partial charge in [0.2, 0.25) is 0 Å². The molecule has 0 heterocycles. The predicted molar refractivity (Wildman–Crippen MR) is 58.6 cm³/mol. The lowest BCUT2D eigenvalue weighted by atomic mass is 10.1. The molecule has 0 aromatic heterocycles. The summed E-state index contributed by atoms with van der Waals surface area (Å²) in [5, 5.41) is 2.40. The van der Waals surface area contributed by atoms with Crippen LogP contribution in [0.2, 0.25) is 6.32 Å². The molecule has 0 aliphatic heterocycles. The molecular formula is C9H11BN2O3. The molecule has 0 spiro atoms. The van der Waals surface area contributed by atoms with Crippen LogP contribution in [0.25, 0.3) is 0 Å². The molecule has 0 bridgehead atoms.